The van der Waals surface area contributed by atoms with Gasteiger partial charge >= 0.3 is 5.97 Å². The van der Waals surface area contributed by atoms with Gasteiger partial charge in [0.2, 0.25) is 11.8 Å². The first-order chi connectivity index (χ1) is 12.0. The number of likely N-dealkylation sites (tertiary alicyclic amines) is 1. The van der Waals surface area contributed by atoms with E-state index in [9.17, 15) is 14.4 Å². The van der Waals surface area contributed by atoms with Gasteiger partial charge in [0.05, 0.1) is 5.92 Å². The minimum Gasteiger partial charge on any atom is -0.462 e. The topological polar surface area (TPSA) is 63.7 Å². The maximum absolute atomic E-state index is 12.1. The summed E-state index contributed by atoms with van der Waals surface area (Å²) >= 11 is 0. The molecule has 0 aromatic heterocycles. The van der Waals surface area contributed by atoms with Crippen LogP contribution in [0.25, 0.3) is 0 Å². The number of carbonyl (C=O) groups excluding carboxylic acids is 3. The number of hydrogen-bond donors (Lipinski definition) is 0. The predicted octanol–water partition coefficient (Wildman–Crippen LogP) is 2.89. The molecule has 5 nitrogen and oxygen atoms in total. The molecule has 0 spiro atoms. The number of β-lactam (4-membered cyclic amide) rings is 1. The van der Waals surface area contributed by atoms with E-state index in [-0.39, 0.29) is 24.2 Å². The summed E-state index contributed by atoms with van der Waals surface area (Å²) in [4.78, 5) is 37.0. The fraction of sp³-hybridized carbons (Fsp3) is 0.450. The van der Waals surface area contributed by atoms with Crippen LogP contribution in [0.5, 0.6) is 0 Å². The number of amides is 2. The molecule has 2 atom stereocenters. The van der Waals surface area contributed by atoms with E-state index in [1.54, 1.807) is 13.0 Å². The molecular weight excluding hydrogens is 318 g/mol. The van der Waals surface area contributed by atoms with E-state index in [0.717, 1.165) is 6.42 Å². The molecule has 0 N–H and O–H groups in total. The van der Waals surface area contributed by atoms with Gasteiger partial charge in [0.25, 0.3) is 0 Å². The molecule has 134 valence electrons. The zero-order valence-corrected chi connectivity index (χ0v) is 14.6. The predicted molar refractivity (Wildman–Crippen MR) is 94.6 cm³/mol. The van der Waals surface area contributed by atoms with Gasteiger partial charge in [-0.25, -0.2) is 0 Å². The third-order valence-electron chi connectivity index (χ3n) is 4.40. The molecule has 0 bridgehead atoms. The lowest BCUT2D eigenvalue weighted by atomic mass is 9.92. The third kappa shape index (κ3) is 5.28. The second kappa shape index (κ2) is 9.16. The van der Waals surface area contributed by atoms with Crippen LogP contribution in [0.15, 0.2) is 43.0 Å². The fourth-order valence-electron chi connectivity index (χ4n) is 2.82. The van der Waals surface area contributed by atoms with Gasteiger partial charge < -0.3 is 4.74 Å². The summed E-state index contributed by atoms with van der Waals surface area (Å²) in [5, 5.41) is 0. The van der Waals surface area contributed by atoms with Crippen LogP contribution in [0.3, 0.4) is 0 Å². The molecule has 0 aliphatic carbocycles. The average Bonchev–Trinajstić information content (AvgIpc) is 2.59. The van der Waals surface area contributed by atoms with Crippen LogP contribution in [0, 0.1) is 5.92 Å². The summed E-state index contributed by atoms with van der Waals surface area (Å²) in [6.45, 7) is 5.60. The molecule has 1 aliphatic rings. The van der Waals surface area contributed by atoms with Crippen molar-refractivity contribution < 1.29 is 19.1 Å². The lowest BCUT2D eigenvalue weighted by Crippen LogP contribution is -2.59. The molecule has 2 rings (SSSR count). The first-order valence-electron chi connectivity index (χ1n) is 8.71. The zero-order valence-electron chi connectivity index (χ0n) is 14.6. The van der Waals surface area contributed by atoms with Crippen molar-refractivity contribution in [3.8, 4) is 0 Å². The van der Waals surface area contributed by atoms with Crippen LogP contribution >= 0.6 is 0 Å². The van der Waals surface area contributed by atoms with Crippen molar-refractivity contribution in [1.29, 1.82) is 0 Å². The van der Waals surface area contributed by atoms with Gasteiger partial charge in [-0.2, -0.15) is 0 Å². The number of carbonyl (C=O) groups is 3. The largest absolute Gasteiger partial charge is 0.462 e. The summed E-state index contributed by atoms with van der Waals surface area (Å²) in [5.74, 6) is -1.15. The molecular formula is C20H25NO4. The number of allylic oxidation sites excluding steroid dienone is 1. The van der Waals surface area contributed by atoms with Gasteiger partial charge in [0.15, 0.2) is 0 Å². The molecule has 5 heteroatoms. The van der Waals surface area contributed by atoms with Gasteiger partial charge in [-0.15, -0.1) is 6.58 Å². The number of esters is 1. The van der Waals surface area contributed by atoms with E-state index in [0.29, 0.717) is 25.8 Å². The Morgan fingerprint density at radius 2 is 2.04 bits per heavy atom. The highest BCUT2D eigenvalue weighted by atomic mass is 16.5. The molecule has 1 aliphatic heterocycles. The van der Waals surface area contributed by atoms with E-state index < -0.39 is 12.0 Å². The van der Waals surface area contributed by atoms with Crippen LogP contribution in [-0.2, 0) is 25.5 Å². The highest BCUT2D eigenvalue weighted by Gasteiger charge is 2.44. The van der Waals surface area contributed by atoms with Crippen LogP contribution < -0.4 is 0 Å². The minimum absolute atomic E-state index is 0.192. The average molecular weight is 343 g/mol. The van der Waals surface area contributed by atoms with Gasteiger partial charge in [0.1, 0.15) is 6.10 Å². The van der Waals surface area contributed by atoms with Crippen LogP contribution in [0.2, 0.25) is 0 Å². The molecule has 1 aromatic carbocycles. The quantitative estimate of drug-likeness (QED) is 0.393. The number of ether oxygens (including phenoxy) is 1. The molecule has 1 unspecified atom stereocenters. The summed E-state index contributed by atoms with van der Waals surface area (Å²) < 4.78 is 5.36. The molecule has 0 radical (unpaired) electrons. The first-order valence-corrected chi connectivity index (χ1v) is 8.71. The molecule has 1 saturated heterocycles. The van der Waals surface area contributed by atoms with E-state index in [1.165, 1.54) is 10.5 Å². The Hall–Kier alpha value is -2.43. The Morgan fingerprint density at radius 3 is 2.68 bits per heavy atom. The van der Waals surface area contributed by atoms with Crippen molar-refractivity contribution in [2.45, 2.75) is 45.1 Å². The van der Waals surface area contributed by atoms with Crippen molar-refractivity contribution in [2.75, 3.05) is 6.54 Å². The number of aryl methyl sites for hydroxylation is 1. The number of imide groups is 1. The minimum atomic E-state index is -0.500. The van der Waals surface area contributed by atoms with Crippen molar-refractivity contribution in [3.05, 3.63) is 48.6 Å². The van der Waals surface area contributed by atoms with Crippen LogP contribution in [0.4, 0.5) is 0 Å². The van der Waals surface area contributed by atoms with Gasteiger partial charge in [-0.1, -0.05) is 36.4 Å². The summed E-state index contributed by atoms with van der Waals surface area (Å²) in [7, 11) is 0. The normalized spacial score (nSPS) is 17.6. The van der Waals surface area contributed by atoms with Crippen molar-refractivity contribution >= 4 is 17.8 Å². The van der Waals surface area contributed by atoms with Gasteiger partial charge in [-0.3, -0.25) is 19.3 Å². The maximum Gasteiger partial charge on any atom is 0.306 e. The van der Waals surface area contributed by atoms with Gasteiger partial charge in [-0.05, 0) is 31.7 Å². The van der Waals surface area contributed by atoms with Crippen molar-refractivity contribution in [1.82, 2.24) is 4.90 Å². The van der Waals surface area contributed by atoms with Crippen molar-refractivity contribution in [2.24, 2.45) is 5.92 Å². The number of nitrogens with zero attached hydrogens (tertiary/aromatic N) is 1. The summed E-state index contributed by atoms with van der Waals surface area (Å²) in [6, 6.07) is 9.96. The Morgan fingerprint density at radius 1 is 1.32 bits per heavy atom. The summed E-state index contributed by atoms with van der Waals surface area (Å²) in [5.41, 5.74) is 1.19. The highest BCUT2D eigenvalue weighted by molar-refractivity contribution is 6.01. The number of benzene rings is 1. The van der Waals surface area contributed by atoms with E-state index in [1.807, 2.05) is 30.3 Å². The standard InChI is InChI=1S/C20H25NO4/c1-3-4-12-18(22)21-14-17(20(21)24)15(2)25-19(23)13-8-11-16-9-6-5-7-10-16/h3,5-7,9-10,15,17H,1,4,8,11-14H2,2H3/t15-,17?/m1/s1. The second-order valence-corrected chi connectivity index (χ2v) is 6.31. The number of hydrogen-bond acceptors (Lipinski definition) is 4. The zero-order chi connectivity index (χ0) is 18.2. The van der Waals surface area contributed by atoms with Crippen LogP contribution in [0.1, 0.15) is 38.2 Å². The smallest absolute Gasteiger partial charge is 0.306 e. The molecule has 0 saturated carbocycles. The van der Waals surface area contributed by atoms with Gasteiger partial charge in [0, 0.05) is 19.4 Å². The number of rotatable bonds is 9. The van der Waals surface area contributed by atoms with E-state index in [4.69, 9.17) is 4.74 Å². The molecule has 1 aromatic rings. The SMILES string of the molecule is C=CCCC(=O)N1CC([C@@H](C)OC(=O)CCCc2ccccc2)C1=O. The lowest BCUT2D eigenvalue weighted by molar-refractivity contribution is -0.169. The van der Waals surface area contributed by atoms with E-state index in [2.05, 4.69) is 6.58 Å². The highest BCUT2D eigenvalue weighted by Crippen LogP contribution is 2.24. The Bertz CT molecular complexity index is 626. The van der Waals surface area contributed by atoms with Crippen LogP contribution in [-0.4, -0.2) is 35.3 Å². The monoisotopic (exact) mass is 343 g/mol. The molecule has 1 fully saturated rings. The Kier molecular flexibility index (Phi) is 6.92. The fourth-order valence-corrected chi connectivity index (χ4v) is 2.82. The third-order valence-corrected chi connectivity index (χ3v) is 4.40. The lowest BCUT2D eigenvalue weighted by Gasteiger charge is -2.39. The Balaban J connectivity index is 1.68. The second-order valence-electron chi connectivity index (χ2n) is 6.31. The maximum atomic E-state index is 12.1. The molecule has 1 heterocycles. The molecule has 2 amide bonds. The first kappa shape index (κ1) is 18.9. The Labute approximate surface area is 148 Å². The van der Waals surface area contributed by atoms with Crippen molar-refractivity contribution in [3.63, 3.8) is 0 Å². The molecule has 25 heavy (non-hydrogen) atoms. The summed E-state index contributed by atoms with van der Waals surface area (Å²) in [6.07, 6.45) is 3.84. The van der Waals surface area contributed by atoms with E-state index >= 15 is 0 Å².